The van der Waals surface area contributed by atoms with Gasteiger partial charge in [0.05, 0.1) is 4.88 Å². The average molecular weight is 327 g/mol. The Hall–Kier alpha value is -1.49. The molecule has 23 heavy (non-hydrogen) atoms. The summed E-state index contributed by atoms with van der Waals surface area (Å²) in [6.07, 6.45) is 11.6. The SMILES string of the molecule is CN1CCC(C2(O)c3ccsc3C(=O)C=C3C=CC=CC32)CC1. The second kappa shape index (κ2) is 5.55. The van der Waals surface area contributed by atoms with E-state index in [-0.39, 0.29) is 17.6 Å². The fourth-order valence-electron chi connectivity index (χ4n) is 4.22. The Morgan fingerprint density at radius 1 is 1.30 bits per heavy atom. The van der Waals surface area contributed by atoms with E-state index in [1.165, 1.54) is 11.3 Å². The van der Waals surface area contributed by atoms with Crippen LogP contribution < -0.4 is 0 Å². The Labute approximate surface area is 140 Å². The normalized spacial score (nSPS) is 31.5. The number of piperidine rings is 1. The lowest BCUT2D eigenvalue weighted by Gasteiger charge is -2.45. The smallest absolute Gasteiger partial charge is 0.196 e. The van der Waals surface area contributed by atoms with Crippen molar-refractivity contribution in [3.05, 3.63) is 57.8 Å². The van der Waals surface area contributed by atoms with E-state index in [1.54, 1.807) is 6.08 Å². The third-order valence-corrected chi connectivity index (χ3v) is 6.42. The Morgan fingerprint density at radius 2 is 2.09 bits per heavy atom. The van der Waals surface area contributed by atoms with Gasteiger partial charge >= 0.3 is 0 Å². The number of hydrogen-bond donors (Lipinski definition) is 1. The van der Waals surface area contributed by atoms with Gasteiger partial charge in [-0.1, -0.05) is 24.3 Å². The first kappa shape index (κ1) is 15.1. The van der Waals surface area contributed by atoms with Crippen LogP contribution >= 0.6 is 11.3 Å². The highest BCUT2D eigenvalue weighted by Crippen LogP contribution is 2.50. The van der Waals surface area contributed by atoms with Crippen molar-refractivity contribution in [1.82, 2.24) is 4.90 Å². The van der Waals surface area contributed by atoms with Crippen molar-refractivity contribution >= 4 is 17.1 Å². The standard InChI is InChI=1S/C19H21NO2S/c1-20-9-6-14(7-10-20)19(22)15-5-3-2-4-13(15)12-17(21)18-16(19)8-11-23-18/h2-5,8,11-12,14-15,22H,6-7,9-10H2,1H3. The molecule has 1 fully saturated rings. The molecule has 2 unspecified atom stereocenters. The van der Waals surface area contributed by atoms with Gasteiger partial charge in [0, 0.05) is 11.5 Å². The van der Waals surface area contributed by atoms with Crippen molar-refractivity contribution in [2.24, 2.45) is 11.8 Å². The summed E-state index contributed by atoms with van der Waals surface area (Å²) in [6.45, 7) is 1.98. The third kappa shape index (κ3) is 2.28. The van der Waals surface area contributed by atoms with Gasteiger partial charge in [0.1, 0.15) is 5.60 Å². The Balaban J connectivity index is 1.86. The maximum Gasteiger partial charge on any atom is 0.196 e. The van der Waals surface area contributed by atoms with Crippen LogP contribution in [-0.2, 0) is 5.60 Å². The number of carbonyl (C=O) groups is 1. The molecule has 0 spiro atoms. The summed E-state index contributed by atoms with van der Waals surface area (Å²) in [6, 6.07) is 1.96. The topological polar surface area (TPSA) is 40.5 Å². The number of carbonyl (C=O) groups excluding carboxylic acids is 1. The Bertz CT molecular complexity index is 721. The van der Waals surface area contributed by atoms with Crippen LogP contribution in [0.3, 0.4) is 0 Å². The largest absolute Gasteiger partial charge is 0.384 e. The van der Waals surface area contributed by atoms with Crippen LogP contribution in [0.25, 0.3) is 0 Å². The molecule has 1 aromatic rings. The van der Waals surface area contributed by atoms with Crippen LogP contribution in [0.2, 0.25) is 0 Å². The van der Waals surface area contributed by atoms with Gasteiger partial charge in [-0.2, -0.15) is 0 Å². The molecule has 2 atom stereocenters. The van der Waals surface area contributed by atoms with Crippen LogP contribution in [0.4, 0.5) is 0 Å². The van der Waals surface area contributed by atoms with Gasteiger partial charge in [0.15, 0.2) is 5.78 Å². The van der Waals surface area contributed by atoms with Gasteiger partial charge in [-0.25, -0.2) is 0 Å². The molecule has 120 valence electrons. The molecule has 1 aliphatic heterocycles. The van der Waals surface area contributed by atoms with Crippen LogP contribution in [0.5, 0.6) is 0 Å². The van der Waals surface area contributed by atoms with E-state index in [0.29, 0.717) is 4.88 Å². The van der Waals surface area contributed by atoms with Crippen molar-refractivity contribution in [3.63, 3.8) is 0 Å². The van der Waals surface area contributed by atoms with E-state index in [1.807, 2.05) is 29.7 Å². The van der Waals surface area contributed by atoms with Gasteiger partial charge in [-0.15, -0.1) is 11.3 Å². The third-order valence-electron chi connectivity index (χ3n) is 5.50. The number of fused-ring (bicyclic) bond motifs is 2. The first-order valence-corrected chi connectivity index (χ1v) is 9.08. The highest BCUT2D eigenvalue weighted by atomic mass is 32.1. The van der Waals surface area contributed by atoms with Gasteiger partial charge in [-0.05, 0) is 62.0 Å². The fourth-order valence-corrected chi connectivity index (χ4v) is 5.09. The zero-order valence-electron chi connectivity index (χ0n) is 13.2. The monoisotopic (exact) mass is 327 g/mol. The average Bonchev–Trinajstić information content (AvgIpc) is 3.02. The molecule has 1 aromatic heterocycles. The van der Waals surface area contributed by atoms with Crippen molar-refractivity contribution in [2.45, 2.75) is 18.4 Å². The lowest BCUT2D eigenvalue weighted by Crippen LogP contribution is -2.47. The van der Waals surface area contributed by atoms with Crippen molar-refractivity contribution in [2.75, 3.05) is 20.1 Å². The van der Waals surface area contributed by atoms with Crippen molar-refractivity contribution < 1.29 is 9.90 Å². The first-order valence-electron chi connectivity index (χ1n) is 8.20. The van der Waals surface area contributed by atoms with Gasteiger partial charge in [0.2, 0.25) is 0 Å². The second-order valence-corrected chi connectivity index (χ2v) is 7.71. The minimum Gasteiger partial charge on any atom is -0.384 e. The lowest BCUT2D eigenvalue weighted by molar-refractivity contribution is -0.0687. The van der Waals surface area contributed by atoms with Crippen LogP contribution in [0.15, 0.2) is 47.4 Å². The Morgan fingerprint density at radius 3 is 2.87 bits per heavy atom. The zero-order chi connectivity index (χ0) is 16.0. The molecular formula is C19H21NO2S. The van der Waals surface area contributed by atoms with E-state index in [2.05, 4.69) is 18.0 Å². The first-order chi connectivity index (χ1) is 11.1. The molecule has 0 amide bonds. The summed E-state index contributed by atoms with van der Waals surface area (Å²) in [5, 5.41) is 13.9. The van der Waals surface area contributed by atoms with E-state index >= 15 is 0 Å². The minimum atomic E-state index is -0.990. The molecule has 0 radical (unpaired) electrons. The number of ketones is 1. The van der Waals surface area contributed by atoms with Gasteiger partial charge in [-0.3, -0.25) is 4.79 Å². The maximum absolute atomic E-state index is 12.6. The van der Waals surface area contributed by atoms with E-state index in [0.717, 1.165) is 37.1 Å². The van der Waals surface area contributed by atoms with Crippen LogP contribution in [0, 0.1) is 11.8 Å². The molecule has 2 aliphatic carbocycles. The fraction of sp³-hybridized carbons (Fsp3) is 0.421. The molecule has 1 saturated heterocycles. The number of nitrogens with zero attached hydrogens (tertiary/aromatic N) is 1. The summed E-state index contributed by atoms with van der Waals surface area (Å²) >= 11 is 1.45. The zero-order valence-corrected chi connectivity index (χ0v) is 14.1. The number of aliphatic hydroxyl groups is 1. The van der Waals surface area contributed by atoms with Crippen LogP contribution in [-0.4, -0.2) is 35.9 Å². The minimum absolute atomic E-state index is 0.0267. The van der Waals surface area contributed by atoms with Gasteiger partial charge < -0.3 is 10.0 Å². The number of likely N-dealkylation sites (tertiary alicyclic amines) is 1. The summed E-state index contributed by atoms with van der Waals surface area (Å²) in [7, 11) is 2.13. The molecule has 4 rings (SSSR count). The summed E-state index contributed by atoms with van der Waals surface area (Å²) in [5.41, 5.74) is 0.774. The summed E-state index contributed by atoms with van der Waals surface area (Å²) in [4.78, 5) is 15.6. The lowest BCUT2D eigenvalue weighted by atomic mass is 9.66. The molecule has 1 N–H and O–H groups in total. The highest BCUT2D eigenvalue weighted by molar-refractivity contribution is 7.12. The molecule has 0 saturated carbocycles. The molecule has 0 aromatic carbocycles. The van der Waals surface area contributed by atoms with Crippen LogP contribution in [0.1, 0.15) is 28.1 Å². The highest BCUT2D eigenvalue weighted by Gasteiger charge is 2.49. The predicted molar refractivity (Wildman–Crippen MR) is 92.6 cm³/mol. The number of allylic oxidation sites excluding steroid dienone is 4. The van der Waals surface area contributed by atoms with E-state index in [9.17, 15) is 9.90 Å². The summed E-state index contributed by atoms with van der Waals surface area (Å²) < 4.78 is 0. The number of rotatable bonds is 1. The second-order valence-electron chi connectivity index (χ2n) is 6.80. The van der Waals surface area contributed by atoms with E-state index < -0.39 is 5.60 Å². The molecule has 3 nitrogen and oxygen atoms in total. The Kier molecular flexibility index (Phi) is 3.63. The molecule has 0 bridgehead atoms. The quantitative estimate of drug-likeness (QED) is 0.861. The van der Waals surface area contributed by atoms with Crippen molar-refractivity contribution in [3.8, 4) is 0 Å². The summed E-state index contributed by atoms with van der Waals surface area (Å²) in [5.74, 6) is 0.0574. The number of thiophene rings is 1. The maximum atomic E-state index is 12.6. The van der Waals surface area contributed by atoms with Gasteiger partial charge in [0.25, 0.3) is 0 Å². The predicted octanol–water partition coefficient (Wildman–Crippen LogP) is 3.14. The van der Waals surface area contributed by atoms with Crippen molar-refractivity contribution in [1.29, 1.82) is 0 Å². The molecule has 2 heterocycles. The molecule has 4 heteroatoms. The number of hydrogen-bond acceptors (Lipinski definition) is 4. The molecular weight excluding hydrogens is 306 g/mol. The van der Waals surface area contributed by atoms with E-state index in [4.69, 9.17) is 0 Å². The molecule has 3 aliphatic rings.